The van der Waals surface area contributed by atoms with Crippen LogP contribution in [0, 0.1) is 5.92 Å². The predicted molar refractivity (Wildman–Crippen MR) is 108 cm³/mol. The van der Waals surface area contributed by atoms with Gasteiger partial charge in [-0.3, -0.25) is 14.5 Å². The largest absolute Gasteiger partial charge is 0.342 e. The second-order valence-corrected chi connectivity index (χ2v) is 6.54. The third kappa shape index (κ3) is 6.43. The zero-order chi connectivity index (χ0) is 16.8. The Morgan fingerprint density at radius 1 is 1.00 bits per heavy atom. The molecular formula is C18H28Cl2N4O2. The molecule has 2 N–H and O–H groups in total. The molecule has 0 aromatic heterocycles. The minimum atomic E-state index is -0.00607. The SMILES string of the molecule is Cl.Cl.O=C(Nc1ccccc1)C1CCN(C(=O)CN2CCNCC2)CC1. The van der Waals surface area contributed by atoms with E-state index in [2.05, 4.69) is 15.5 Å². The van der Waals surface area contributed by atoms with Crippen molar-refractivity contribution in [3.05, 3.63) is 30.3 Å². The third-order valence-electron chi connectivity index (χ3n) is 4.83. The van der Waals surface area contributed by atoms with E-state index >= 15 is 0 Å². The van der Waals surface area contributed by atoms with Crippen LogP contribution in [0.1, 0.15) is 12.8 Å². The number of carbonyl (C=O) groups excluding carboxylic acids is 2. The minimum Gasteiger partial charge on any atom is -0.342 e. The highest BCUT2D eigenvalue weighted by atomic mass is 35.5. The second-order valence-electron chi connectivity index (χ2n) is 6.54. The Bertz CT molecular complexity index is 560. The first-order chi connectivity index (χ1) is 11.7. The van der Waals surface area contributed by atoms with Gasteiger partial charge in [0.05, 0.1) is 6.54 Å². The van der Waals surface area contributed by atoms with Crippen LogP contribution in [0.5, 0.6) is 0 Å². The smallest absolute Gasteiger partial charge is 0.236 e. The van der Waals surface area contributed by atoms with Crippen molar-refractivity contribution in [2.45, 2.75) is 12.8 Å². The Morgan fingerprint density at radius 3 is 2.23 bits per heavy atom. The molecule has 0 aliphatic carbocycles. The van der Waals surface area contributed by atoms with Crippen LogP contribution in [0.15, 0.2) is 30.3 Å². The van der Waals surface area contributed by atoms with Crippen LogP contribution in [0.25, 0.3) is 0 Å². The molecule has 0 bridgehead atoms. The number of nitrogens with one attached hydrogen (secondary N) is 2. The average Bonchev–Trinajstić information content (AvgIpc) is 2.63. The third-order valence-corrected chi connectivity index (χ3v) is 4.83. The Balaban J connectivity index is 0.00000169. The van der Waals surface area contributed by atoms with E-state index < -0.39 is 0 Å². The van der Waals surface area contributed by atoms with Gasteiger partial charge in [-0.25, -0.2) is 0 Å². The minimum absolute atomic E-state index is 0. The van der Waals surface area contributed by atoms with E-state index in [1.54, 1.807) is 0 Å². The topological polar surface area (TPSA) is 64.7 Å². The number of rotatable bonds is 4. The first-order valence-electron chi connectivity index (χ1n) is 8.79. The highest BCUT2D eigenvalue weighted by Crippen LogP contribution is 2.19. The maximum Gasteiger partial charge on any atom is 0.236 e. The van der Waals surface area contributed by atoms with E-state index in [1.807, 2.05) is 35.2 Å². The maximum absolute atomic E-state index is 12.4. The summed E-state index contributed by atoms with van der Waals surface area (Å²) >= 11 is 0. The number of hydrogen-bond acceptors (Lipinski definition) is 4. The van der Waals surface area contributed by atoms with Crippen LogP contribution >= 0.6 is 24.8 Å². The Hall–Kier alpha value is -1.34. The number of carbonyl (C=O) groups is 2. The van der Waals surface area contributed by atoms with Gasteiger partial charge >= 0.3 is 0 Å². The molecule has 0 radical (unpaired) electrons. The van der Waals surface area contributed by atoms with Crippen molar-refractivity contribution in [1.82, 2.24) is 15.1 Å². The quantitative estimate of drug-likeness (QED) is 0.802. The first-order valence-corrected chi connectivity index (χ1v) is 8.79. The molecule has 146 valence electrons. The number of nitrogens with zero attached hydrogens (tertiary/aromatic N) is 2. The van der Waals surface area contributed by atoms with Crippen molar-refractivity contribution in [2.75, 3.05) is 51.1 Å². The lowest BCUT2D eigenvalue weighted by Gasteiger charge is -2.34. The Morgan fingerprint density at radius 2 is 1.62 bits per heavy atom. The summed E-state index contributed by atoms with van der Waals surface area (Å²) in [6.45, 7) is 5.63. The van der Waals surface area contributed by atoms with Crippen LogP contribution < -0.4 is 10.6 Å². The highest BCUT2D eigenvalue weighted by molar-refractivity contribution is 5.92. The Kier molecular flexibility index (Phi) is 9.94. The highest BCUT2D eigenvalue weighted by Gasteiger charge is 2.28. The van der Waals surface area contributed by atoms with Crippen LogP contribution in [-0.4, -0.2) is 67.4 Å². The average molecular weight is 403 g/mol. The molecule has 1 aromatic rings. The van der Waals surface area contributed by atoms with Crippen molar-refractivity contribution in [3.8, 4) is 0 Å². The summed E-state index contributed by atoms with van der Waals surface area (Å²) in [4.78, 5) is 28.8. The zero-order valence-electron chi connectivity index (χ0n) is 14.9. The molecule has 0 atom stereocenters. The van der Waals surface area contributed by atoms with Gasteiger partial charge in [-0.15, -0.1) is 24.8 Å². The molecule has 1 aromatic carbocycles. The summed E-state index contributed by atoms with van der Waals surface area (Å²) in [5.74, 6) is 0.252. The fourth-order valence-corrected chi connectivity index (χ4v) is 3.32. The number of para-hydroxylation sites is 1. The van der Waals surface area contributed by atoms with Crippen molar-refractivity contribution in [1.29, 1.82) is 0 Å². The van der Waals surface area contributed by atoms with Crippen molar-refractivity contribution in [3.63, 3.8) is 0 Å². The number of hydrogen-bond donors (Lipinski definition) is 2. The van der Waals surface area contributed by atoms with Gasteiger partial charge in [0.1, 0.15) is 0 Å². The molecular weight excluding hydrogens is 375 g/mol. The molecule has 2 aliphatic heterocycles. The molecule has 2 heterocycles. The zero-order valence-corrected chi connectivity index (χ0v) is 16.5. The molecule has 3 rings (SSSR count). The van der Waals surface area contributed by atoms with Gasteiger partial charge in [-0.1, -0.05) is 18.2 Å². The van der Waals surface area contributed by atoms with Gasteiger partial charge in [-0.2, -0.15) is 0 Å². The molecule has 6 nitrogen and oxygen atoms in total. The molecule has 2 saturated heterocycles. The monoisotopic (exact) mass is 402 g/mol. The first kappa shape index (κ1) is 22.7. The van der Waals surface area contributed by atoms with E-state index in [4.69, 9.17) is 0 Å². The summed E-state index contributed by atoms with van der Waals surface area (Å²) in [7, 11) is 0. The number of anilines is 1. The summed E-state index contributed by atoms with van der Waals surface area (Å²) in [5.41, 5.74) is 0.833. The molecule has 2 fully saturated rings. The number of amides is 2. The lowest BCUT2D eigenvalue weighted by Crippen LogP contribution is -2.50. The molecule has 26 heavy (non-hydrogen) atoms. The summed E-state index contributed by atoms with van der Waals surface area (Å²) in [6.07, 6.45) is 1.48. The van der Waals surface area contributed by atoms with E-state index in [0.717, 1.165) is 44.7 Å². The van der Waals surface area contributed by atoms with Gasteiger partial charge in [0.2, 0.25) is 11.8 Å². The van der Waals surface area contributed by atoms with Gasteiger partial charge < -0.3 is 15.5 Å². The molecule has 0 saturated carbocycles. The second kappa shape index (κ2) is 11.4. The van der Waals surface area contributed by atoms with E-state index in [1.165, 1.54) is 0 Å². The van der Waals surface area contributed by atoms with E-state index in [0.29, 0.717) is 19.6 Å². The predicted octanol–water partition coefficient (Wildman–Crippen LogP) is 1.61. The van der Waals surface area contributed by atoms with Crippen molar-refractivity contribution >= 4 is 42.3 Å². The van der Waals surface area contributed by atoms with Gasteiger partial charge in [-0.05, 0) is 25.0 Å². The summed E-state index contributed by atoms with van der Waals surface area (Å²) in [6, 6.07) is 9.53. The van der Waals surface area contributed by atoms with Gasteiger partial charge in [0.25, 0.3) is 0 Å². The molecule has 0 unspecified atom stereocenters. The van der Waals surface area contributed by atoms with Crippen LogP contribution in [0.2, 0.25) is 0 Å². The molecule has 0 spiro atoms. The van der Waals surface area contributed by atoms with E-state index in [9.17, 15) is 9.59 Å². The number of piperazine rings is 1. The summed E-state index contributed by atoms with van der Waals surface area (Å²) in [5, 5.41) is 6.26. The van der Waals surface area contributed by atoms with Crippen LogP contribution in [0.4, 0.5) is 5.69 Å². The molecule has 8 heteroatoms. The fourth-order valence-electron chi connectivity index (χ4n) is 3.32. The maximum atomic E-state index is 12.4. The summed E-state index contributed by atoms with van der Waals surface area (Å²) < 4.78 is 0. The molecule has 2 aliphatic rings. The van der Waals surface area contributed by atoms with Crippen LogP contribution in [-0.2, 0) is 9.59 Å². The standard InChI is InChI=1S/C18H26N4O2.2ClH/c23-17(14-21-12-8-19-9-13-21)22-10-6-15(7-11-22)18(24)20-16-4-2-1-3-5-16;;/h1-5,15,19H,6-14H2,(H,20,24);2*1H. The lowest BCUT2D eigenvalue weighted by molar-refractivity contribution is -0.135. The van der Waals surface area contributed by atoms with Crippen molar-refractivity contribution in [2.24, 2.45) is 5.92 Å². The van der Waals surface area contributed by atoms with E-state index in [-0.39, 0.29) is 42.5 Å². The lowest BCUT2D eigenvalue weighted by atomic mass is 9.95. The normalized spacial score (nSPS) is 18.4. The number of piperidine rings is 1. The number of likely N-dealkylation sites (tertiary alicyclic amines) is 1. The Labute approximate surface area is 167 Å². The van der Waals surface area contributed by atoms with Gasteiger partial charge in [0.15, 0.2) is 0 Å². The fraction of sp³-hybridized carbons (Fsp3) is 0.556. The number of benzene rings is 1. The number of halogens is 2. The van der Waals surface area contributed by atoms with Gasteiger partial charge in [0, 0.05) is 50.9 Å². The van der Waals surface area contributed by atoms with Crippen molar-refractivity contribution < 1.29 is 9.59 Å². The molecule has 2 amide bonds. The van der Waals surface area contributed by atoms with Crippen LogP contribution in [0.3, 0.4) is 0 Å².